The fourth-order valence-electron chi connectivity index (χ4n) is 1.58. The number of carbonyl (C=O) groups excluding carboxylic acids is 1. The van der Waals surface area contributed by atoms with Crippen molar-refractivity contribution in [2.24, 2.45) is 0 Å². The minimum absolute atomic E-state index is 0.451. The predicted octanol–water partition coefficient (Wildman–Crippen LogP) is 3.62. The first-order valence-electron chi connectivity index (χ1n) is 5.72. The largest absolute Gasteiger partial charge is 0.442 e. The fraction of sp³-hybridized carbons (Fsp3) is 0.308. The summed E-state index contributed by atoms with van der Waals surface area (Å²) in [6.45, 7) is 9.09. The third kappa shape index (κ3) is 2.84. The maximum absolute atomic E-state index is 12.1. The molecule has 0 aliphatic rings. The van der Waals surface area contributed by atoms with Crippen molar-refractivity contribution < 1.29 is 9.53 Å². The van der Waals surface area contributed by atoms with Gasteiger partial charge in [-0.2, -0.15) is 5.10 Å². The quantitative estimate of drug-likeness (QED) is 0.804. The number of halogens is 1. The van der Waals surface area contributed by atoms with Crippen LogP contribution < -0.4 is 0 Å². The first kappa shape index (κ1) is 13.7. The summed E-state index contributed by atoms with van der Waals surface area (Å²) in [7, 11) is 0. The van der Waals surface area contributed by atoms with Crippen LogP contribution in [-0.2, 0) is 4.74 Å². The average Bonchev–Trinajstić information content (AvgIpc) is 2.64. The summed E-state index contributed by atoms with van der Waals surface area (Å²) >= 11 is 3.34. The van der Waals surface area contributed by atoms with E-state index in [1.807, 2.05) is 6.07 Å². The SMILES string of the molecule is C=Cc1nn(C(=O)OC(C)(C)C)c2ncc(Br)cc12. The fourth-order valence-corrected chi connectivity index (χ4v) is 1.91. The van der Waals surface area contributed by atoms with Crippen molar-refractivity contribution in [1.29, 1.82) is 0 Å². The summed E-state index contributed by atoms with van der Waals surface area (Å²) < 4.78 is 7.26. The molecule has 19 heavy (non-hydrogen) atoms. The van der Waals surface area contributed by atoms with Gasteiger partial charge in [0.25, 0.3) is 0 Å². The highest BCUT2D eigenvalue weighted by atomic mass is 79.9. The number of hydrogen-bond donors (Lipinski definition) is 0. The van der Waals surface area contributed by atoms with Crippen LogP contribution in [0.25, 0.3) is 17.1 Å². The standard InChI is InChI=1S/C13H14BrN3O2/c1-5-10-9-6-8(14)7-15-11(9)17(16-10)12(18)19-13(2,3)4/h5-7H,1H2,2-4H3. The minimum Gasteiger partial charge on any atom is -0.442 e. The van der Waals surface area contributed by atoms with Gasteiger partial charge in [0.05, 0.1) is 5.69 Å². The van der Waals surface area contributed by atoms with Gasteiger partial charge in [-0.05, 0) is 48.8 Å². The van der Waals surface area contributed by atoms with Gasteiger partial charge in [-0.25, -0.2) is 9.78 Å². The molecule has 0 saturated carbocycles. The van der Waals surface area contributed by atoms with E-state index in [2.05, 4.69) is 32.6 Å². The molecule has 0 aromatic carbocycles. The second-order valence-electron chi connectivity index (χ2n) is 5.01. The Morgan fingerprint density at radius 2 is 2.21 bits per heavy atom. The molecule has 0 atom stereocenters. The van der Waals surface area contributed by atoms with Gasteiger partial charge in [-0.3, -0.25) is 0 Å². The lowest BCUT2D eigenvalue weighted by atomic mass is 10.2. The lowest BCUT2D eigenvalue weighted by Crippen LogP contribution is -2.27. The summed E-state index contributed by atoms with van der Waals surface area (Å²) in [5, 5.41) is 4.92. The number of fused-ring (bicyclic) bond motifs is 1. The molecule has 0 amide bonds. The second-order valence-corrected chi connectivity index (χ2v) is 5.92. The van der Waals surface area contributed by atoms with E-state index in [-0.39, 0.29) is 0 Å². The zero-order chi connectivity index (χ0) is 14.2. The van der Waals surface area contributed by atoms with E-state index in [4.69, 9.17) is 4.74 Å². The van der Waals surface area contributed by atoms with E-state index in [0.29, 0.717) is 11.3 Å². The van der Waals surface area contributed by atoms with Gasteiger partial charge >= 0.3 is 6.09 Å². The summed E-state index contributed by atoms with van der Waals surface area (Å²) in [5.74, 6) is 0. The monoisotopic (exact) mass is 323 g/mol. The van der Waals surface area contributed by atoms with E-state index < -0.39 is 11.7 Å². The maximum atomic E-state index is 12.1. The van der Waals surface area contributed by atoms with Gasteiger partial charge in [0.2, 0.25) is 0 Å². The van der Waals surface area contributed by atoms with Crippen molar-refractivity contribution in [2.75, 3.05) is 0 Å². The first-order chi connectivity index (χ1) is 8.81. The number of aromatic nitrogens is 3. The summed E-state index contributed by atoms with van der Waals surface area (Å²) in [5.41, 5.74) is 0.459. The van der Waals surface area contributed by atoms with Gasteiger partial charge in [-0.1, -0.05) is 6.58 Å². The van der Waals surface area contributed by atoms with Crippen LogP contribution >= 0.6 is 15.9 Å². The molecular weight excluding hydrogens is 310 g/mol. The number of carbonyl (C=O) groups is 1. The van der Waals surface area contributed by atoms with Crippen molar-refractivity contribution in [1.82, 2.24) is 14.8 Å². The molecule has 0 aliphatic carbocycles. The van der Waals surface area contributed by atoms with Crippen LogP contribution in [0.4, 0.5) is 4.79 Å². The molecule has 2 aromatic heterocycles. The van der Waals surface area contributed by atoms with E-state index >= 15 is 0 Å². The number of rotatable bonds is 1. The third-order valence-electron chi connectivity index (χ3n) is 2.28. The van der Waals surface area contributed by atoms with Gasteiger partial charge in [0.15, 0.2) is 5.65 Å². The average molecular weight is 324 g/mol. The zero-order valence-electron chi connectivity index (χ0n) is 11.0. The minimum atomic E-state index is -0.584. The summed E-state index contributed by atoms with van der Waals surface area (Å²) in [6.07, 6.45) is 2.63. The van der Waals surface area contributed by atoms with E-state index in [1.165, 1.54) is 0 Å². The van der Waals surface area contributed by atoms with Crippen molar-refractivity contribution in [3.8, 4) is 0 Å². The molecule has 0 fully saturated rings. The van der Waals surface area contributed by atoms with Crippen LogP contribution in [0.1, 0.15) is 26.5 Å². The van der Waals surface area contributed by atoms with Gasteiger partial charge < -0.3 is 4.74 Å². The van der Waals surface area contributed by atoms with Crippen molar-refractivity contribution in [3.63, 3.8) is 0 Å². The molecule has 100 valence electrons. The molecule has 6 heteroatoms. The summed E-state index contributed by atoms with van der Waals surface area (Å²) in [6, 6.07) is 1.84. The third-order valence-corrected chi connectivity index (χ3v) is 2.71. The topological polar surface area (TPSA) is 57.0 Å². The number of hydrogen-bond acceptors (Lipinski definition) is 4. The Hall–Kier alpha value is -1.69. The van der Waals surface area contributed by atoms with Crippen LogP contribution in [0.5, 0.6) is 0 Å². The Morgan fingerprint density at radius 3 is 2.79 bits per heavy atom. The Balaban J connectivity index is 2.55. The highest BCUT2D eigenvalue weighted by Gasteiger charge is 2.22. The molecule has 0 saturated heterocycles. The molecular formula is C13H14BrN3O2. The molecule has 0 N–H and O–H groups in total. The molecule has 0 unspecified atom stereocenters. The molecule has 0 radical (unpaired) electrons. The van der Waals surface area contributed by atoms with Crippen LogP contribution in [0, 0.1) is 0 Å². The van der Waals surface area contributed by atoms with E-state index in [9.17, 15) is 4.79 Å². The lowest BCUT2D eigenvalue weighted by Gasteiger charge is -2.18. The molecule has 2 rings (SSSR count). The van der Waals surface area contributed by atoms with Gasteiger partial charge in [-0.15, -0.1) is 4.68 Å². The van der Waals surface area contributed by atoms with Crippen LogP contribution in [-0.4, -0.2) is 26.5 Å². The lowest BCUT2D eigenvalue weighted by molar-refractivity contribution is 0.0521. The number of nitrogens with zero attached hydrogens (tertiary/aromatic N) is 3. The molecule has 2 aromatic rings. The molecule has 2 heterocycles. The Morgan fingerprint density at radius 1 is 1.53 bits per heavy atom. The van der Waals surface area contributed by atoms with Gasteiger partial charge in [0, 0.05) is 16.1 Å². The first-order valence-corrected chi connectivity index (χ1v) is 6.51. The summed E-state index contributed by atoms with van der Waals surface area (Å²) in [4.78, 5) is 16.3. The molecule has 5 nitrogen and oxygen atoms in total. The highest BCUT2D eigenvalue weighted by molar-refractivity contribution is 9.10. The second kappa shape index (κ2) is 4.77. The van der Waals surface area contributed by atoms with Crippen LogP contribution in [0.15, 0.2) is 23.3 Å². The smallest absolute Gasteiger partial charge is 0.437 e. The molecule has 0 spiro atoms. The highest BCUT2D eigenvalue weighted by Crippen LogP contribution is 2.22. The van der Waals surface area contributed by atoms with Crippen LogP contribution in [0.3, 0.4) is 0 Å². The van der Waals surface area contributed by atoms with Crippen molar-refractivity contribution in [2.45, 2.75) is 26.4 Å². The van der Waals surface area contributed by atoms with Crippen molar-refractivity contribution >= 4 is 39.1 Å². The Kier molecular flexibility index (Phi) is 3.45. The van der Waals surface area contributed by atoms with E-state index in [1.54, 1.807) is 33.0 Å². The predicted molar refractivity (Wildman–Crippen MR) is 77.0 cm³/mol. The number of pyridine rings is 1. The van der Waals surface area contributed by atoms with Crippen molar-refractivity contribution in [3.05, 3.63) is 29.0 Å². The van der Waals surface area contributed by atoms with Crippen LogP contribution in [0.2, 0.25) is 0 Å². The van der Waals surface area contributed by atoms with E-state index in [0.717, 1.165) is 14.5 Å². The molecule has 0 aliphatic heterocycles. The Labute approximate surface area is 119 Å². The van der Waals surface area contributed by atoms with Gasteiger partial charge in [0.1, 0.15) is 5.60 Å². The Bertz CT molecular complexity index is 656. The maximum Gasteiger partial charge on any atom is 0.437 e. The molecule has 0 bridgehead atoms. The normalized spacial score (nSPS) is 11.6. The number of ether oxygens (including phenoxy) is 1. The zero-order valence-corrected chi connectivity index (χ0v) is 12.6.